The van der Waals surface area contributed by atoms with Crippen molar-refractivity contribution >= 4 is 17.8 Å². The molecule has 202 valence electrons. The number of hydrogen-bond acceptors (Lipinski definition) is 7. The van der Waals surface area contributed by atoms with E-state index in [9.17, 15) is 22.8 Å². The predicted octanol–water partition coefficient (Wildman–Crippen LogP) is 0.865. The molecule has 0 aromatic heterocycles. The average Bonchev–Trinajstić information content (AvgIpc) is 2.75. The highest BCUT2D eigenvalue weighted by Crippen LogP contribution is 2.26. The SMILES string of the molecule is C[C@@H]1CNC(=O)C2(CNCCO2)COC/C=C/COCC(C(C)(C)C)C(=O)N1.O=C(O)C(F)(F)F. The number of aliphatic carboxylic acids is 1. The fraction of sp³-hybridized carbons (Fsp3) is 0.773. The summed E-state index contributed by atoms with van der Waals surface area (Å²) < 4.78 is 48.9. The van der Waals surface area contributed by atoms with E-state index in [0.29, 0.717) is 46.1 Å². The summed E-state index contributed by atoms with van der Waals surface area (Å²) in [4.78, 5) is 34.5. The molecule has 0 radical (unpaired) electrons. The van der Waals surface area contributed by atoms with Gasteiger partial charge in [-0.1, -0.05) is 32.9 Å². The molecule has 2 heterocycles. The van der Waals surface area contributed by atoms with Crippen molar-refractivity contribution in [2.45, 2.75) is 45.5 Å². The van der Waals surface area contributed by atoms with Gasteiger partial charge in [-0.3, -0.25) is 9.59 Å². The molecule has 1 spiro atoms. The van der Waals surface area contributed by atoms with Gasteiger partial charge in [0.05, 0.1) is 39.0 Å². The zero-order valence-electron chi connectivity index (χ0n) is 20.5. The highest BCUT2D eigenvalue weighted by Gasteiger charge is 2.42. The lowest BCUT2D eigenvalue weighted by Crippen LogP contribution is -2.62. The molecule has 1 fully saturated rings. The van der Waals surface area contributed by atoms with Crippen molar-refractivity contribution in [1.29, 1.82) is 0 Å². The minimum atomic E-state index is -5.08. The number of carbonyl (C=O) groups excluding carboxylic acids is 2. The van der Waals surface area contributed by atoms with Gasteiger partial charge in [-0.05, 0) is 12.3 Å². The van der Waals surface area contributed by atoms with Crippen molar-refractivity contribution in [1.82, 2.24) is 16.0 Å². The van der Waals surface area contributed by atoms with Gasteiger partial charge in [-0.25, -0.2) is 4.79 Å². The van der Waals surface area contributed by atoms with Crippen LogP contribution in [-0.2, 0) is 28.6 Å². The quantitative estimate of drug-likeness (QED) is 0.352. The van der Waals surface area contributed by atoms with E-state index in [0.717, 1.165) is 0 Å². The molecule has 13 heteroatoms. The van der Waals surface area contributed by atoms with Gasteiger partial charge in [-0.15, -0.1) is 0 Å². The summed E-state index contributed by atoms with van der Waals surface area (Å²) in [6, 6.07) is -0.219. The average molecular weight is 512 g/mol. The number of nitrogens with one attached hydrogen (secondary N) is 3. The van der Waals surface area contributed by atoms with Crippen LogP contribution in [-0.4, -0.2) is 93.4 Å². The predicted molar refractivity (Wildman–Crippen MR) is 120 cm³/mol. The van der Waals surface area contributed by atoms with Crippen LogP contribution >= 0.6 is 0 Å². The first-order chi connectivity index (χ1) is 16.2. The number of carboxylic acids is 1. The number of carboxylic acid groups (broad SMARTS) is 1. The Morgan fingerprint density at radius 1 is 1.14 bits per heavy atom. The van der Waals surface area contributed by atoms with E-state index in [4.69, 9.17) is 24.1 Å². The van der Waals surface area contributed by atoms with Gasteiger partial charge in [-0.2, -0.15) is 13.2 Å². The minimum absolute atomic E-state index is 0.0704. The third-order valence-electron chi connectivity index (χ3n) is 5.26. The lowest BCUT2D eigenvalue weighted by molar-refractivity contribution is -0.192. The smallest absolute Gasteiger partial charge is 0.475 e. The monoisotopic (exact) mass is 511 g/mol. The number of morpholine rings is 1. The first-order valence-electron chi connectivity index (χ1n) is 11.2. The van der Waals surface area contributed by atoms with E-state index >= 15 is 0 Å². The summed E-state index contributed by atoms with van der Waals surface area (Å²) in [5, 5.41) is 16.2. The second-order valence-electron chi connectivity index (χ2n) is 9.38. The fourth-order valence-corrected chi connectivity index (χ4v) is 3.17. The molecule has 3 atom stereocenters. The van der Waals surface area contributed by atoms with Gasteiger partial charge in [0.25, 0.3) is 5.91 Å². The van der Waals surface area contributed by atoms with Crippen LogP contribution in [0.4, 0.5) is 13.2 Å². The van der Waals surface area contributed by atoms with Crippen LogP contribution < -0.4 is 16.0 Å². The normalized spacial score (nSPS) is 28.8. The Kier molecular flexibility index (Phi) is 12.1. The molecule has 2 rings (SSSR count). The highest BCUT2D eigenvalue weighted by molar-refractivity contribution is 5.86. The zero-order chi connectivity index (χ0) is 26.7. The topological polar surface area (TPSA) is 135 Å². The lowest BCUT2D eigenvalue weighted by Gasteiger charge is -2.36. The van der Waals surface area contributed by atoms with Gasteiger partial charge in [0, 0.05) is 25.7 Å². The summed E-state index contributed by atoms with van der Waals surface area (Å²) in [6.07, 6.45) is -1.37. The Morgan fingerprint density at radius 3 is 2.26 bits per heavy atom. The van der Waals surface area contributed by atoms with E-state index in [2.05, 4.69) is 16.0 Å². The lowest BCUT2D eigenvalue weighted by atomic mass is 9.80. The van der Waals surface area contributed by atoms with Gasteiger partial charge in [0.2, 0.25) is 5.91 Å². The molecule has 0 saturated carbocycles. The molecular weight excluding hydrogens is 475 g/mol. The molecule has 2 aliphatic rings. The van der Waals surface area contributed by atoms with Gasteiger partial charge < -0.3 is 35.3 Å². The number of alkyl halides is 3. The standard InChI is InChI=1S/C20H35N3O5.C2HF3O2/c1-15-11-22-18(25)20(13-21-7-10-28-20)14-27-9-6-5-8-26-12-16(17(24)23-15)19(2,3)4;3-2(4,5)1(6)7/h5-6,15-16,21H,7-14H2,1-4H3,(H,22,25)(H,23,24);(H,6,7)/b6-5+;/t15-,16?,20?;/m1./s1. The molecule has 2 aliphatic heterocycles. The van der Waals surface area contributed by atoms with Crippen LogP contribution in [0.5, 0.6) is 0 Å². The van der Waals surface area contributed by atoms with Crippen LogP contribution in [0, 0.1) is 11.3 Å². The summed E-state index contributed by atoms with van der Waals surface area (Å²) in [5.74, 6) is -3.35. The molecular formula is C22H36F3N3O7. The van der Waals surface area contributed by atoms with E-state index in [1.54, 1.807) is 0 Å². The molecule has 2 unspecified atom stereocenters. The van der Waals surface area contributed by atoms with Crippen LogP contribution in [0.25, 0.3) is 0 Å². The second-order valence-corrected chi connectivity index (χ2v) is 9.38. The number of halogens is 3. The van der Waals surface area contributed by atoms with Crippen molar-refractivity contribution in [3.63, 3.8) is 0 Å². The van der Waals surface area contributed by atoms with Gasteiger partial charge in [0.1, 0.15) is 0 Å². The van der Waals surface area contributed by atoms with Crippen LogP contribution in [0.15, 0.2) is 12.2 Å². The van der Waals surface area contributed by atoms with Crippen molar-refractivity contribution < 1.29 is 46.9 Å². The van der Waals surface area contributed by atoms with Crippen molar-refractivity contribution in [2.24, 2.45) is 11.3 Å². The number of ether oxygens (including phenoxy) is 3. The second kappa shape index (κ2) is 13.8. The molecule has 2 amide bonds. The molecule has 10 nitrogen and oxygen atoms in total. The molecule has 0 aromatic rings. The van der Waals surface area contributed by atoms with Crippen LogP contribution in [0.3, 0.4) is 0 Å². The summed E-state index contributed by atoms with van der Waals surface area (Å²) in [5.41, 5.74) is -1.30. The van der Waals surface area contributed by atoms with Gasteiger partial charge >= 0.3 is 12.1 Å². The van der Waals surface area contributed by atoms with Crippen LogP contribution in [0.2, 0.25) is 0 Å². The van der Waals surface area contributed by atoms with Gasteiger partial charge in [0.15, 0.2) is 5.60 Å². The van der Waals surface area contributed by atoms with E-state index in [-0.39, 0.29) is 35.8 Å². The number of carbonyl (C=O) groups is 3. The third kappa shape index (κ3) is 10.9. The van der Waals surface area contributed by atoms with Crippen LogP contribution in [0.1, 0.15) is 27.7 Å². The summed E-state index contributed by atoms with van der Waals surface area (Å²) in [7, 11) is 0. The third-order valence-corrected chi connectivity index (χ3v) is 5.26. The van der Waals surface area contributed by atoms with E-state index in [1.807, 2.05) is 39.8 Å². The van der Waals surface area contributed by atoms with E-state index < -0.39 is 17.7 Å². The molecule has 0 bridgehead atoms. The van der Waals surface area contributed by atoms with Crippen molar-refractivity contribution in [3.05, 3.63) is 12.2 Å². The number of amides is 2. The van der Waals surface area contributed by atoms with Crippen molar-refractivity contribution in [3.8, 4) is 0 Å². The first kappa shape index (κ1) is 30.8. The summed E-state index contributed by atoms with van der Waals surface area (Å²) >= 11 is 0. The first-order valence-corrected chi connectivity index (χ1v) is 11.2. The Morgan fingerprint density at radius 2 is 1.74 bits per heavy atom. The Bertz CT molecular complexity index is 733. The minimum Gasteiger partial charge on any atom is -0.475 e. The fourth-order valence-electron chi connectivity index (χ4n) is 3.17. The molecule has 4 N–H and O–H groups in total. The number of rotatable bonds is 0. The largest absolute Gasteiger partial charge is 0.490 e. The number of hydrogen-bond donors (Lipinski definition) is 4. The van der Waals surface area contributed by atoms with E-state index in [1.165, 1.54) is 0 Å². The maximum Gasteiger partial charge on any atom is 0.490 e. The molecule has 0 aliphatic carbocycles. The maximum atomic E-state index is 12.8. The highest BCUT2D eigenvalue weighted by atomic mass is 19.4. The summed E-state index contributed by atoms with van der Waals surface area (Å²) in [6.45, 7) is 11.0. The Balaban J connectivity index is 0.000000762. The molecule has 0 aromatic carbocycles. The maximum absolute atomic E-state index is 12.8. The molecule has 1 saturated heterocycles. The zero-order valence-corrected chi connectivity index (χ0v) is 20.5. The Labute approximate surface area is 202 Å². The Hall–Kier alpha value is -2.22. The van der Waals surface area contributed by atoms with Crippen molar-refractivity contribution in [2.75, 3.05) is 52.7 Å². The molecule has 35 heavy (non-hydrogen) atoms.